The number of aliphatic hydroxyl groups is 1. The molecule has 6 nitrogen and oxygen atoms in total. The molecule has 0 radical (unpaired) electrons. The summed E-state index contributed by atoms with van der Waals surface area (Å²) in [6.07, 6.45) is 7.31. The summed E-state index contributed by atoms with van der Waals surface area (Å²) in [5.41, 5.74) is 3.67. The summed E-state index contributed by atoms with van der Waals surface area (Å²) in [4.78, 5) is 15.4. The normalized spacial score (nSPS) is 29.6. The Morgan fingerprint density at radius 2 is 2.03 bits per heavy atom. The van der Waals surface area contributed by atoms with Crippen LogP contribution in [0.15, 0.2) is 52.9 Å². The van der Waals surface area contributed by atoms with Gasteiger partial charge in [-0.1, -0.05) is 49.4 Å². The Morgan fingerprint density at radius 3 is 2.87 bits per heavy atom. The number of carbonyl (C=O) groups excluding carboxylic acids is 1. The van der Waals surface area contributed by atoms with Gasteiger partial charge < -0.3 is 23.3 Å². The lowest BCUT2D eigenvalue weighted by molar-refractivity contribution is 0.100. The predicted octanol–water partition coefficient (Wildman–Crippen LogP) is 6.08. The number of amides is 1. The van der Waals surface area contributed by atoms with Gasteiger partial charge in [0.05, 0.1) is 18.4 Å². The van der Waals surface area contributed by atoms with Crippen LogP contribution < -0.4 is 9.64 Å². The van der Waals surface area contributed by atoms with E-state index in [0.29, 0.717) is 30.4 Å². The number of hydrogen-bond acceptors (Lipinski definition) is 6. The van der Waals surface area contributed by atoms with Crippen LogP contribution in [0.2, 0.25) is 5.02 Å². The zero-order valence-electron chi connectivity index (χ0n) is 22.1. The van der Waals surface area contributed by atoms with Crippen molar-refractivity contribution in [3.8, 4) is 5.75 Å². The number of aryl methyl sites for hydroxylation is 1. The highest BCUT2D eigenvalue weighted by molar-refractivity contribution is 7.75. The van der Waals surface area contributed by atoms with Gasteiger partial charge in [-0.15, -0.1) is 0 Å². The van der Waals surface area contributed by atoms with Crippen molar-refractivity contribution in [1.82, 2.24) is 0 Å². The van der Waals surface area contributed by atoms with Crippen LogP contribution in [0, 0.1) is 11.8 Å². The number of aliphatic hydroxyl groups excluding tert-OH is 1. The Labute approximate surface area is 232 Å². The maximum atomic E-state index is 13.0. The first-order chi connectivity index (χ1) is 18.2. The first-order valence-electron chi connectivity index (χ1n) is 13.5. The van der Waals surface area contributed by atoms with Gasteiger partial charge >= 0.3 is 0 Å². The molecular formula is C30H36ClN2O4S-. The molecule has 2 bridgehead atoms. The molecule has 0 unspecified atom stereocenters. The van der Waals surface area contributed by atoms with E-state index in [9.17, 15) is 14.1 Å². The average molecular weight is 556 g/mol. The molecule has 1 N–H and O–H groups in total. The van der Waals surface area contributed by atoms with Gasteiger partial charge in [-0.2, -0.15) is 10.6 Å². The molecule has 2 aromatic carbocycles. The average Bonchev–Trinajstić information content (AvgIpc) is 3.04. The smallest absolute Gasteiger partial charge is 0.254 e. The summed E-state index contributed by atoms with van der Waals surface area (Å²) in [6, 6.07) is 11.6. The molecule has 0 saturated carbocycles. The number of anilines is 1. The number of hydrogen-bond donors (Lipinski definition) is 1. The van der Waals surface area contributed by atoms with Gasteiger partial charge in [0.25, 0.3) is 5.91 Å². The maximum Gasteiger partial charge on any atom is 0.254 e. The van der Waals surface area contributed by atoms with Gasteiger partial charge in [0.15, 0.2) is 0 Å². The summed E-state index contributed by atoms with van der Waals surface area (Å²) in [5.74, 6) is 1.10. The first-order valence-corrected chi connectivity index (χ1v) is 15.2. The number of nitrogens with zero attached hydrogens (tertiary/aromatic N) is 2. The highest BCUT2D eigenvalue weighted by atomic mass is 35.5. The van der Waals surface area contributed by atoms with E-state index < -0.39 is 22.6 Å². The molecule has 0 fully saturated rings. The van der Waals surface area contributed by atoms with Crippen molar-refractivity contribution >= 4 is 33.8 Å². The topological polar surface area (TPSA) is 79.2 Å². The minimum absolute atomic E-state index is 0.134. The van der Waals surface area contributed by atoms with Crippen LogP contribution in [0.1, 0.15) is 61.0 Å². The van der Waals surface area contributed by atoms with E-state index >= 15 is 0 Å². The standard InChI is InChI=1S/C30H36ClN2O4S/c1-20-5-3-7-25(34)12-14-38(36)32-29(35)23-8-11-28-27(16-23)33(17-21(20)2)18-30(19-37-28)13-4-6-22-15-24(31)9-10-26(22)30/h3,7-11,15-16,20-21,25,34H,4-6,12-14,17-19H2,1-2H3/q-1/b7-3+/t20-,21-,25-,30-/m0/s1. The minimum atomic E-state index is -1.70. The van der Waals surface area contributed by atoms with E-state index in [0.717, 1.165) is 55.2 Å². The molecule has 0 saturated heterocycles. The second-order valence-electron chi connectivity index (χ2n) is 11.2. The van der Waals surface area contributed by atoms with Crippen molar-refractivity contribution in [2.75, 3.05) is 30.3 Å². The Kier molecular flexibility index (Phi) is 8.17. The lowest BCUT2D eigenvalue weighted by Crippen LogP contribution is -2.47. The number of allylic oxidation sites excluding steroid dienone is 1. The number of halogens is 1. The number of fused-ring (bicyclic) bond motifs is 3. The largest absolute Gasteiger partial charge is 0.490 e. The summed E-state index contributed by atoms with van der Waals surface area (Å²) in [5, 5.41) is 11.0. The van der Waals surface area contributed by atoms with Crippen molar-refractivity contribution in [2.45, 2.75) is 57.5 Å². The van der Waals surface area contributed by atoms with Gasteiger partial charge in [-0.25, -0.2) is 0 Å². The van der Waals surface area contributed by atoms with Gasteiger partial charge in [-0.3, -0.25) is 4.79 Å². The van der Waals surface area contributed by atoms with Crippen LogP contribution in [-0.2, 0) is 26.6 Å². The van der Waals surface area contributed by atoms with E-state index in [2.05, 4.69) is 35.2 Å². The first kappa shape index (κ1) is 27.2. The SMILES string of the molecule is C[C@H]1C/C=C/[C@H](O)CC[S-](=O)=NC(=O)c2ccc3c(c2)N(C[C@@H]1C)C[C@@]1(CCCc2cc(Cl)ccc21)CO3. The number of benzene rings is 2. The number of ether oxygens (including phenoxy) is 1. The van der Waals surface area contributed by atoms with Gasteiger partial charge in [-0.05, 0) is 85.4 Å². The summed E-state index contributed by atoms with van der Waals surface area (Å²) >= 11 is 6.36. The highest BCUT2D eigenvalue weighted by Crippen LogP contribution is 2.45. The van der Waals surface area contributed by atoms with E-state index in [-0.39, 0.29) is 11.2 Å². The molecule has 1 amide bonds. The Hall–Kier alpha value is -2.35. The van der Waals surface area contributed by atoms with Gasteiger partial charge in [0.2, 0.25) is 0 Å². The van der Waals surface area contributed by atoms with Crippen LogP contribution in [0.25, 0.3) is 0 Å². The van der Waals surface area contributed by atoms with Crippen LogP contribution in [0.4, 0.5) is 5.69 Å². The third-order valence-electron chi connectivity index (χ3n) is 8.40. The molecule has 204 valence electrons. The minimum Gasteiger partial charge on any atom is -0.490 e. The second kappa shape index (κ2) is 11.4. The fraction of sp³-hybridized carbons (Fsp3) is 0.500. The molecule has 8 heteroatoms. The molecule has 1 aliphatic carbocycles. The van der Waals surface area contributed by atoms with Crippen molar-refractivity contribution in [3.05, 3.63) is 70.3 Å². The molecule has 2 heterocycles. The Balaban J connectivity index is 1.58. The van der Waals surface area contributed by atoms with Crippen molar-refractivity contribution in [3.63, 3.8) is 0 Å². The fourth-order valence-corrected chi connectivity index (χ4v) is 6.99. The van der Waals surface area contributed by atoms with E-state index in [4.69, 9.17) is 16.3 Å². The van der Waals surface area contributed by atoms with Gasteiger partial charge in [0, 0.05) is 29.1 Å². The summed E-state index contributed by atoms with van der Waals surface area (Å²) in [7, 11) is -1.70. The predicted molar refractivity (Wildman–Crippen MR) is 153 cm³/mol. The molecule has 2 aromatic rings. The second-order valence-corrected chi connectivity index (χ2v) is 12.9. The molecule has 1 spiro atoms. The van der Waals surface area contributed by atoms with Crippen molar-refractivity contribution < 1.29 is 18.8 Å². The maximum absolute atomic E-state index is 13.0. The zero-order chi connectivity index (χ0) is 26.9. The number of rotatable bonds is 0. The zero-order valence-corrected chi connectivity index (χ0v) is 23.6. The third-order valence-corrected chi connectivity index (χ3v) is 9.59. The Bertz CT molecular complexity index is 1320. The number of carbonyl (C=O) groups is 1. The van der Waals surface area contributed by atoms with E-state index in [1.807, 2.05) is 24.3 Å². The molecule has 4 atom stereocenters. The molecule has 5 rings (SSSR count). The Morgan fingerprint density at radius 1 is 1.18 bits per heavy atom. The third kappa shape index (κ3) is 5.80. The van der Waals surface area contributed by atoms with Crippen LogP contribution in [-0.4, -0.2) is 42.6 Å². The highest BCUT2D eigenvalue weighted by Gasteiger charge is 2.42. The molecular weight excluding hydrogens is 520 g/mol. The fourth-order valence-electron chi connectivity index (χ4n) is 5.97. The lowest BCUT2D eigenvalue weighted by atomic mass is 9.70. The molecule has 3 aliphatic rings. The summed E-state index contributed by atoms with van der Waals surface area (Å²) < 4.78 is 22.9. The van der Waals surface area contributed by atoms with Crippen LogP contribution >= 0.6 is 11.6 Å². The van der Waals surface area contributed by atoms with E-state index in [1.165, 1.54) is 11.1 Å². The lowest BCUT2D eigenvalue weighted by Gasteiger charge is -2.41. The van der Waals surface area contributed by atoms with Gasteiger partial charge in [0.1, 0.15) is 5.75 Å². The summed E-state index contributed by atoms with van der Waals surface area (Å²) in [6.45, 7) is 6.61. The van der Waals surface area contributed by atoms with Crippen LogP contribution in [0.3, 0.4) is 0 Å². The van der Waals surface area contributed by atoms with Crippen molar-refractivity contribution in [1.29, 1.82) is 0 Å². The molecule has 38 heavy (non-hydrogen) atoms. The quantitative estimate of drug-likeness (QED) is 0.314. The van der Waals surface area contributed by atoms with E-state index in [1.54, 1.807) is 12.1 Å². The molecule has 0 aromatic heterocycles. The molecule has 2 aliphatic heterocycles. The van der Waals surface area contributed by atoms with Crippen molar-refractivity contribution in [2.24, 2.45) is 16.2 Å². The monoisotopic (exact) mass is 555 g/mol. The van der Waals surface area contributed by atoms with Crippen LogP contribution in [0.5, 0.6) is 5.75 Å².